The van der Waals surface area contributed by atoms with Crippen molar-refractivity contribution in [3.8, 4) is 11.5 Å². The van der Waals surface area contributed by atoms with E-state index in [4.69, 9.17) is 4.74 Å². The van der Waals surface area contributed by atoms with Gasteiger partial charge in [0.2, 0.25) is 11.8 Å². The van der Waals surface area contributed by atoms with Crippen molar-refractivity contribution < 1.29 is 32.6 Å². The molecule has 1 aliphatic carbocycles. The molecule has 3 rings (SSSR count). The monoisotopic (exact) mass is 477 g/mol. The van der Waals surface area contributed by atoms with E-state index < -0.39 is 18.6 Å². The van der Waals surface area contributed by atoms with Crippen LogP contribution in [0, 0.1) is 5.92 Å². The van der Waals surface area contributed by atoms with Crippen molar-refractivity contribution in [3.05, 3.63) is 47.3 Å². The molecule has 2 unspecified atom stereocenters. The number of benzene rings is 1. The van der Waals surface area contributed by atoms with Crippen LogP contribution in [0.2, 0.25) is 0 Å². The fraction of sp³-hybridized carbons (Fsp3) is 0.458. The second-order valence-corrected chi connectivity index (χ2v) is 8.33. The Morgan fingerprint density at radius 3 is 2.62 bits per heavy atom. The van der Waals surface area contributed by atoms with E-state index in [-0.39, 0.29) is 48.5 Å². The number of carbonyl (C=O) groups excluding carboxylic acids is 3. The number of amides is 2. The molecule has 1 aromatic carbocycles. The molecule has 0 saturated carbocycles. The largest absolute Gasteiger partial charge is 0.490 e. The molecule has 0 bridgehead atoms. The molecule has 1 aromatic rings. The SMILES string of the molecule is CCOc1cc(C(CC(=O)N(C)C)N2C=C3C(NC(C)=O)=CCC(=O)C3C2)ccc1OC(F)F. The number of nitrogens with zero attached hydrogens (tertiary/aromatic N) is 2. The van der Waals surface area contributed by atoms with E-state index in [0.29, 0.717) is 23.4 Å². The first-order chi connectivity index (χ1) is 16.1. The number of hydrogen-bond donors (Lipinski definition) is 1. The van der Waals surface area contributed by atoms with Crippen LogP contribution in [-0.4, -0.2) is 61.3 Å². The molecule has 0 aromatic heterocycles. The highest BCUT2D eigenvalue weighted by molar-refractivity contribution is 5.90. The molecule has 1 N–H and O–H groups in total. The summed E-state index contributed by atoms with van der Waals surface area (Å²) in [5.74, 6) is -0.755. The van der Waals surface area contributed by atoms with Crippen LogP contribution < -0.4 is 14.8 Å². The normalized spacial score (nSPS) is 18.1. The molecule has 1 aliphatic heterocycles. The lowest BCUT2D eigenvalue weighted by molar-refractivity contribution is -0.129. The standard InChI is InChI=1S/C24H29F2N3O5/c1-5-33-22-10-15(6-9-21(22)34-24(25)26)19(11-23(32)28(3)4)29-12-16-17(13-29)20(31)8-7-18(16)27-14(2)30/h6-7,9-10,12,17,19,24H,5,8,11,13H2,1-4H3,(H,27,30). The van der Waals surface area contributed by atoms with E-state index in [0.717, 1.165) is 0 Å². The van der Waals surface area contributed by atoms with Gasteiger partial charge in [-0.25, -0.2) is 0 Å². The maximum Gasteiger partial charge on any atom is 0.387 e. The Balaban J connectivity index is 2.00. The molecule has 0 saturated heterocycles. The lowest BCUT2D eigenvalue weighted by atomic mass is 9.88. The van der Waals surface area contributed by atoms with Gasteiger partial charge in [-0.15, -0.1) is 0 Å². The van der Waals surface area contributed by atoms with Crippen LogP contribution in [0.3, 0.4) is 0 Å². The number of ketones is 1. The first kappa shape index (κ1) is 25.2. The van der Waals surface area contributed by atoms with Crippen LogP contribution in [0.25, 0.3) is 0 Å². The third-order valence-corrected chi connectivity index (χ3v) is 5.73. The smallest absolute Gasteiger partial charge is 0.387 e. The van der Waals surface area contributed by atoms with Crippen molar-refractivity contribution in [2.75, 3.05) is 27.2 Å². The van der Waals surface area contributed by atoms with Crippen molar-refractivity contribution in [2.24, 2.45) is 5.92 Å². The van der Waals surface area contributed by atoms with Gasteiger partial charge in [0.1, 0.15) is 5.78 Å². The molecule has 2 atom stereocenters. The highest BCUT2D eigenvalue weighted by Crippen LogP contribution is 2.40. The van der Waals surface area contributed by atoms with Gasteiger partial charge in [0.15, 0.2) is 11.5 Å². The minimum atomic E-state index is -3.01. The number of hydrogen-bond acceptors (Lipinski definition) is 6. The van der Waals surface area contributed by atoms with Crippen molar-refractivity contribution >= 4 is 17.6 Å². The topological polar surface area (TPSA) is 88.2 Å². The molecule has 2 amide bonds. The van der Waals surface area contributed by atoms with E-state index in [1.54, 1.807) is 45.4 Å². The maximum atomic E-state index is 12.8. The van der Waals surface area contributed by atoms with Gasteiger partial charge in [-0.3, -0.25) is 14.4 Å². The summed E-state index contributed by atoms with van der Waals surface area (Å²) in [6, 6.07) is 4.09. The number of carbonyl (C=O) groups is 3. The van der Waals surface area contributed by atoms with Gasteiger partial charge in [-0.2, -0.15) is 8.78 Å². The number of rotatable bonds is 9. The van der Waals surface area contributed by atoms with Gasteiger partial charge < -0.3 is 24.6 Å². The minimum absolute atomic E-state index is 0.0243. The summed E-state index contributed by atoms with van der Waals surface area (Å²) in [5, 5.41) is 2.78. The van der Waals surface area contributed by atoms with E-state index in [9.17, 15) is 23.2 Å². The van der Waals surface area contributed by atoms with Crippen molar-refractivity contribution in [3.63, 3.8) is 0 Å². The molecular weight excluding hydrogens is 448 g/mol. The Bertz CT molecular complexity index is 1020. The number of allylic oxidation sites excluding steroid dienone is 2. The Morgan fingerprint density at radius 1 is 1.26 bits per heavy atom. The molecule has 8 nitrogen and oxygen atoms in total. The van der Waals surface area contributed by atoms with Crippen LogP contribution in [0.15, 0.2) is 41.7 Å². The van der Waals surface area contributed by atoms with Crippen molar-refractivity contribution in [2.45, 2.75) is 39.3 Å². The van der Waals surface area contributed by atoms with Gasteiger partial charge in [0.05, 0.1) is 25.0 Å². The van der Waals surface area contributed by atoms with Crippen molar-refractivity contribution in [1.82, 2.24) is 15.1 Å². The summed E-state index contributed by atoms with van der Waals surface area (Å²) in [6.07, 6.45) is 3.78. The second-order valence-electron chi connectivity index (χ2n) is 8.33. The molecule has 10 heteroatoms. The molecule has 0 radical (unpaired) electrons. The summed E-state index contributed by atoms with van der Waals surface area (Å²) in [4.78, 5) is 40.3. The highest BCUT2D eigenvalue weighted by Gasteiger charge is 2.38. The van der Waals surface area contributed by atoms with E-state index in [1.807, 2.05) is 4.90 Å². The predicted molar refractivity (Wildman–Crippen MR) is 120 cm³/mol. The van der Waals surface area contributed by atoms with E-state index in [1.165, 1.54) is 17.9 Å². The number of ether oxygens (including phenoxy) is 2. The number of Topliss-reactive ketones (excluding diaryl/α,β-unsaturated/α-hetero) is 1. The van der Waals surface area contributed by atoms with E-state index >= 15 is 0 Å². The fourth-order valence-corrected chi connectivity index (χ4v) is 4.12. The van der Waals surface area contributed by atoms with Gasteiger partial charge in [0, 0.05) is 51.5 Å². The molecule has 184 valence electrons. The summed E-state index contributed by atoms with van der Waals surface area (Å²) in [7, 11) is 3.29. The zero-order valence-electron chi connectivity index (χ0n) is 19.6. The Hall–Kier alpha value is -3.43. The lowest BCUT2D eigenvalue weighted by Gasteiger charge is -2.30. The third-order valence-electron chi connectivity index (χ3n) is 5.73. The van der Waals surface area contributed by atoms with Crippen LogP contribution >= 0.6 is 0 Å². The summed E-state index contributed by atoms with van der Waals surface area (Å²) < 4.78 is 35.7. The minimum Gasteiger partial charge on any atom is -0.490 e. The van der Waals surface area contributed by atoms with Crippen molar-refractivity contribution in [1.29, 1.82) is 0 Å². The summed E-state index contributed by atoms with van der Waals surface area (Å²) >= 11 is 0. The first-order valence-electron chi connectivity index (χ1n) is 11.0. The number of fused-ring (bicyclic) bond motifs is 1. The van der Waals surface area contributed by atoms with Crippen LogP contribution in [-0.2, 0) is 14.4 Å². The quantitative estimate of drug-likeness (QED) is 0.588. The Labute approximate surface area is 197 Å². The first-order valence-corrected chi connectivity index (χ1v) is 11.0. The zero-order valence-corrected chi connectivity index (χ0v) is 19.6. The number of nitrogens with one attached hydrogen (secondary N) is 1. The van der Waals surface area contributed by atoms with Gasteiger partial charge >= 0.3 is 6.61 Å². The second kappa shape index (κ2) is 10.7. The van der Waals surface area contributed by atoms with Crippen LogP contribution in [0.5, 0.6) is 11.5 Å². The molecule has 0 fully saturated rings. The Morgan fingerprint density at radius 2 is 2.00 bits per heavy atom. The number of alkyl halides is 2. The van der Waals surface area contributed by atoms with Crippen LogP contribution in [0.4, 0.5) is 8.78 Å². The summed E-state index contributed by atoms with van der Waals surface area (Å²) in [5.41, 5.74) is 1.93. The van der Waals surface area contributed by atoms with Gasteiger partial charge in [0.25, 0.3) is 0 Å². The Kier molecular flexibility index (Phi) is 7.90. The molecule has 0 spiro atoms. The van der Waals surface area contributed by atoms with Gasteiger partial charge in [-0.05, 0) is 24.6 Å². The molecule has 2 aliphatic rings. The maximum absolute atomic E-state index is 12.8. The fourth-order valence-electron chi connectivity index (χ4n) is 4.12. The average molecular weight is 478 g/mol. The number of halogens is 2. The highest BCUT2D eigenvalue weighted by atomic mass is 19.3. The van der Waals surface area contributed by atoms with Gasteiger partial charge in [-0.1, -0.05) is 12.1 Å². The zero-order chi connectivity index (χ0) is 25.0. The molecular formula is C24H29F2N3O5. The summed E-state index contributed by atoms with van der Waals surface area (Å²) in [6.45, 7) is 0.682. The van der Waals surface area contributed by atoms with Crippen LogP contribution in [0.1, 0.15) is 38.3 Å². The average Bonchev–Trinajstić information content (AvgIpc) is 3.21. The third kappa shape index (κ3) is 5.73. The lowest BCUT2D eigenvalue weighted by Crippen LogP contribution is -2.33. The predicted octanol–water partition coefficient (Wildman–Crippen LogP) is 3.01. The van der Waals surface area contributed by atoms with E-state index in [2.05, 4.69) is 10.1 Å². The molecule has 34 heavy (non-hydrogen) atoms. The molecule has 1 heterocycles.